The van der Waals surface area contributed by atoms with Crippen LogP contribution in [-0.4, -0.2) is 38.8 Å². The number of ether oxygens (including phenoxy) is 1. The van der Waals surface area contributed by atoms with Crippen molar-refractivity contribution in [2.45, 2.75) is 43.0 Å². The Kier molecular flexibility index (Phi) is 6.11. The van der Waals surface area contributed by atoms with E-state index < -0.39 is 10.0 Å². The number of nitrogens with one attached hydrogen (secondary N) is 1. The molecule has 0 saturated carbocycles. The first-order valence-electron chi connectivity index (χ1n) is 10.5. The fourth-order valence-electron chi connectivity index (χ4n) is 4.45. The smallest absolute Gasteiger partial charge is 0.243 e. The van der Waals surface area contributed by atoms with Crippen molar-refractivity contribution < 1.29 is 17.9 Å². The van der Waals surface area contributed by atoms with Gasteiger partial charge in [0.25, 0.3) is 0 Å². The number of aryl methyl sites for hydroxylation is 1. The van der Waals surface area contributed by atoms with Crippen LogP contribution in [0, 0.1) is 5.92 Å². The van der Waals surface area contributed by atoms with Gasteiger partial charge in [0.1, 0.15) is 5.75 Å². The van der Waals surface area contributed by atoms with Crippen molar-refractivity contribution in [3.05, 3.63) is 59.7 Å². The predicted octanol–water partition coefficient (Wildman–Crippen LogP) is 3.29. The van der Waals surface area contributed by atoms with Crippen LogP contribution in [0.2, 0.25) is 0 Å². The summed E-state index contributed by atoms with van der Waals surface area (Å²) in [7, 11) is -2.01. The van der Waals surface area contributed by atoms with Crippen molar-refractivity contribution in [1.29, 1.82) is 0 Å². The van der Waals surface area contributed by atoms with Crippen LogP contribution < -0.4 is 10.1 Å². The zero-order valence-electron chi connectivity index (χ0n) is 17.2. The molecular formula is C23H28N2O4S. The topological polar surface area (TPSA) is 75.7 Å². The number of nitrogens with zero attached hydrogens (tertiary/aromatic N) is 1. The molecule has 0 spiro atoms. The third-order valence-corrected chi connectivity index (χ3v) is 8.12. The van der Waals surface area contributed by atoms with Crippen LogP contribution in [0.25, 0.3) is 0 Å². The lowest BCUT2D eigenvalue weighted by atomic mass is 9.87. The molecule has 1 heterocycles. The molecule has 7 heteroatoms. The minimum atomic E-state index is -3.56. The molecule has 1 atom stereocenters. The Morgan fingerprint density at radius 1 is 1.03 bits per heavy atom. The molecule has 4 rings (SSSR count). The number of fused-ring (bicyclic) bond motifs is 1. The molecular weight excluding hydrogens is 400 g/mol. The van der Waals surface area contributed by atoms with E-state index in [1.807, 2.05) is 12.1 Å². The highest BCUT2D eigenvalue weighted by Gasteiger charge is 2.33. The average Bonchev–Trinajstić information content (AvgIpc) is 2.79. The summed E-state index contributed by atoms with van der Waals surface area (Å²) in [6.07, 6.45) is 4.16. The number of benzene rings is 2. The van der Waals surface area contributed by atoms with Crippen LogP contribution in [0.5, 0.6) is 5.75 Å². The van der Waals surface area contributed by atoms with Crippen molar-refractivity contribution in [2.75, 3.05) is 20.2 Å². The number of hydrogen-bond acceptors (Lipinski definition) is 4. The SMILES string of the molecule is COc1ccc(S(=O)(=O)N2CCC(C(=O)N[C@@H]3CCCc4ccccc43)CC2)cc1. The highest BCUT2D eigenvalue weighted by atomic mass is 32.2. The van der Waals surface area contributed by atoms with Gasteiger partial charge >= 0.3 is 0 Å². The van der Waals surface area contributed by atoms with E-state index >= 15 is 0 Å². The van der Waals surface area contributed by atoms with Crippen molar-refractivity contribution in [2.24, 2.45) is 5.92 Å². The first-order chi connectivity index (χ1) is 14.5. The number of rotatable bonds is 5. The van der Waals surface area contributed by atoms with Gasteiger partial charge in [0.05, 0.1) is 18.0 Å². The monoisotopic (exact) mass is 428 g/mol. The van der Waals surface area contributed by atoms with E-state index in [-0.39, 0.29) is 22.8 Å². The Bertz CT molecular complexity index is 996. The predicted molar refractivity (Wildman–Crippen MR) is 115 cm³/mol. The molecule has 2 aromatic carbocycles. The van der Waals surface area contributed by atoms with Gasteiger partial charge in [0.15, 0.2) is 0 Å². The van der Waals surface area contributed by atoms with E-state index in [1.165, 1.54) is 15.4 Å². The summed E-state index contributed by atoms with van der Waals surface area (Å²) in [5, 5.41) is 3.22. The van der Waals surface area contributed by atoms with Crippen molar-refractivity contribution in [3.8, 4) is 5.75 Å². The minimum Gasteiger partial charge on any atom is -0.497 e. The van der Waals surface area contributed by atoms with Crippen LogP contribution >= 0.6 is 0 Å². The maximum atomic E-state index is 12.9. The quantitative estimate of drug-likeness (QED) is 0.793. The summed E-state index contributed by atoms with van der Waals surface area (Å²) in [5.41, 5.74) is 2.53. The van der Waals surface area contributed by atoms with Crippen LogP contribution in [0.3, 0.4) is 0 Å². The Morgan fingerprint density at radius 3 is 2.43 bits per heavy atom. The van der Waals surface area contributed by atoms with E-state index in [2.05, 4.69) is 17.4 Å². The molecule has 30 heavy (non-hydrogen) atoms. The first kappa shape index (κ1) is 20.9. The highest BCUT2D eigenvalue weighted by molar-refractivity contribution is 7.89. The third kappa shape index (κ3) is 4.23. The maximum absolute atomic E-state index is 12.9. The Hall–Kier alpha value is -2.38. The number of hydrogen-bond donors (Lipinski definition) is 1. The van der Waals surface area contributed by atoms with Crippen molar-refractivity contribution >= 4 is 15.9 Å². The van der Waals surface area contributed by atoms with Crippen LogP contribution in [0.15, 0.2) is 53.4 Å². The standard InChI is InChI=1S/C23H28N2O4S/c1-29-19-9-11-20(12-10-19)30(27,28)25-15-13-18(14-16-25)23(26)24-22-8-4-6-17-5-2-3-7-21(17)22/h2-3,5,7,9-12,18,22H,4,6,8,13-16H2,1H3,(H,24,26)/t22-/m1/s1. The fraction of sp³-hybridized carbons (Fsp3) is 0.435. The zero-order chi connectivity index (χ0) is 21.1. The summed E-state index contributed by atoms with van der Waals surface area (Å²) in [4.78, 5) is 13.1. The molecule has 0 bridgehead atoms. The first-order valence-corrected chi connectivity index (χ1v) is 12.0. The molecule has 0 radical (unpaired) electrons. The summed E-state index contributed by atoms with van der Waals surface area (Å²) < 4.78 is 32.4. The van der Waals surface area contributed by atoms with Gasteiger partial charge in [-0.1, -0.05) is 24.3 Å². The Balaban J connectivity index is 1.37. The van der Waals surface area contributed by atoms with Gasteiger partial charge in [-0.3, -0.25) is 4.79 Å². The summed E-state index contributed by atoms with van der Waals surface area (Å²) in [6, 6.07) is 14.8. The second kappa shape index (κ2) is 8.78. The lowest BCUT2D eigenvalue weighted by Gasteiger charge is -2.32. The molecule has 2 aliphatic rings. The number of piperidine rings is 1. The Labute approximate surface area is 178 Å². The summed E-state index contributed by atoms with van der Waals surface area (Å²) in [5.74, 6) is 0.508. The van der Waals surface area contributed by atoms with Crippen LogP contribution in [0.1, 0.15) is 42.9 Å². The molecule has 1 saturated heterocycles. The molecule has 1 N–H and O–H groups in total. The van der Waals surface area contributed by atoms with E-state index in [4.69, 9.17) is 4.74 Å². The molecule has 1 fully saturated rings. The molecule has 1 aliphatic carbocycles. The fourth-order valence-corrected chi connectivity index (χ4v) is 5.92. The molecule has 0 unspecified atom stereocenters. The number of carbonyl (C=O) groups excluding carboxylic acids is 1. The van der Waals surface area contributed by atoms with Gasteiger partial charge in [-0.25, -0.2) is 8.42 Å². The third-order valence-electron chi connectivity index (χ3n) is 6.21. The van der Waals surface area contributed by atoms with Gasteiger partial charge < -0.3 is 10.1 Å². The maximum Gasteiger partial charge on any atom is 0.243 e. The van der Waals surface area contributed by atoms with Crippen molar-refractivity contribution in [1.82, 2.24) is 9.62 Å². The number of amides is 1. The van der Waals surface area contributed by atoms with E-state index in [1.54, 1.807) is 31.4 Å². The Morgan fingerprint density at radius 2 is 1.73 bits per heavy atom. The van der Waals surface area contributed by atoms with Crippen LogP contribution in [-0.2, 0) is 21.2 Å². The molecule has 1 aliphatic heterocycles. The summed E-state index contributed by atoms with van der Waals surface area (Å²) in [6.45, 7) is 0.710. The van der Waals surface area contributed by atoms with Gasteiger partial charge in [-0.15, -0.1) is 0 Å². The average molecular weight is 429 g/mol. The molecule has 0 aromatic heterocycles. The lowest BCUT2D eigenvalue weighted by Crippen LogP contribution is -2.44. The van der Waals surface area contributed by atoms with Gasteiger partial charge in [-0.05, 0) is 67.5 Å². The largest absolute Gasteiger partial charge is 0.497 e. The van der Waals surface area contributed by atoms with Crippen molar-refractivity contribution in [3.63, 3.8) is 0 Å². The van der Waals surface area contributed by atoms with Crippen LogP contribution in [0.4, 0.5) is 0 Å². The van der Waals surface area contributed by atoms with Gasteiger partial charge in [0, 0.05) is 19.0 Å². The molecule has 160 valence electrons. The second-order valence-corrected chi connectivity index (χ2v) is 9.94. The molecule has 1 amide bonds. The van der Waals surface area contributed by atoms with E-state index in [9.17, 15) is 13.2 Å². The molecule has 6 nitrogen and oxygen atoms in total. The van der Waals surface area contributed by atoms with E-state index in [0.29, 0.717) is 31.7 Å². The minimum absolute atomic E-state index is 0.0400. The lowest BCUT2D eigenvalue weighted by molar-refractivity contribution is -0.127. The normalized spacial score (nSPS) is 20.4. The number of methoxy groups -OCH3 is 1. The zero-order valence-corrected chi connectivity index (χ0v) is 18.0. The molecule has 2 aromatic rings. The second-order valence-electron chi connectivity index (χ2n) is 8.01. The van der Waals surface area contributed by atoms with Gasteiger partial charge in [0.2, 0.25) is 15.9 Å². The number of sulfonamides is 1. The van der Waals surface area contributed by atoms with Gasteiger partial charge in [-0.2, -0.15) is 4.31 Å². The number of carbonyl (C=O) groups is 1. The van der Waals surface area contributed by atoms with E-state index in [0.717, 1.165) is 19.3 Å². The highest BCUT2D eigenvalue weighted by Crippen LogP contribution is 2.31. The summed E-state index contributed by atoms with van der Waals surface area (Å²) >= 11 is 0.